The summed E-state index contributed by atoms with van der Waals surface area (Å²) in [5.74, 6) is -0.0785. The van der Waals surface area contributed by atoms with Crippen molar-refractivity contribution in [1.29, 1.82) is 10.5 Å². The third-order valence-electron chi connectivity index (χ3n) is 3.24. The van der Waals surface area contributed by atoms with Crippen molar-refractivity contribution < 1.29 is 4.79 Å². The fourth-order valence-electron chi connectivity index (χ4n) is 2.24. The Labute approximate surface area is 96.5 Å². The summed E-state index contributed by atoms with van der Waals surface area (Å²) in [6, 6.07) is 4.23. The summed E-state index contributed by atoms with van der Waals surface area (Å²) < 4.78 is 0. The molecule has 0 saturated heterocycles. The summed E-state index contributed by atoms with van der Waals surface area (Å²) in [7, 11) is 0. The van der Waals surface area contributed by atoms with Gasteiger partial charge in [-0.05, 0) is 19.8 Å². The Morgan fingerprint density at radius 3 is 2.44 bits per heavy atom. The lowest BCUT2D eigenvalue weighted by molar-refractivity contribution is -0.138. The molecular weight excluding hydrogens is 202 g/mol. The van der Waals surface area contributed by atoms with E-state index in [0.717, 1.165) is 12.8 Å². The first-order valence-corrected chi connectivity index (χ1v) is 5.78. The van der Waals surface area contributed by atoms with E-state index in [4.69, 9.17) is 5.26 Å². The minimum atomic E-state index is -0.800. The molecule has 0 bridgehead atoms. The Morgan fingerprint density at radius 2 is 2.00 bits per heavy atom. The highest BCUT2D eigenvalue weighted by atomic mass is 16.2. The maximum atomic E-state index is 12.2. The zero-order chi connectivity index (χ0) is 12.0. The first-order chi connectivity index (χ1) is 7.70. The Morgan fingerprint density at radius 1 is 1.38 bits per heavy atom. The van der Waals surface area contributed by atoms with Gasteiger partial charge in [0.15, 0.2) is 0 Å². The molecule has 1 saturated carbocycles. The molecule has 0 heterocycles. The SMILES string of the molecule is CCN(CCC#N)C(=O)C1(C#N)CCCC1. The Bertz CT molecular complexity index is 331. The van der Waals surface area contributed by atoms with E-state index in [1.165, 1.54) is 0 Å². The molecule has 0 N–H and O–H groups in total. The molecular formula is C12H17N3O. The van der Waals surface area contributed by atoms with Crippen LogP contribution in [0.4, 0.5) is 0 Å². The van der Waals surface area contributed by atoms with Crippen molar-refractivity contribution in [1.82, 2.24) is 4.90 Å². The number of nitriles is 2. The highest BCUT2D eigenvalue weighted by Crippen LogP contribution is 2.39. The molecule has 0 aromatic carbocycles. The number of hydrogen-bond donors (Lipinski definition) is 0. The third-order valence-corrected chi connectivity index (χ3v) is 3.24. The van der Waals surface area contributed by atoms with Gasteiger partial charge in [0.1, 0.15) is 5.41 Å². The van der Waals surface area contributed by atoms with E-state index < -0.39 is 5.41 Å². The third kappa shape index (κ3) is 2.33. The van der Waals surface area contributed by atoms with Crippen LogP contribution in [0.3, 0.4) is 0 Å². The number of nitrogens with zero attached hydrogens (tertiary/aromatic N) is 3. The lowest BCUT2D eigenvalue weighted by atomic mass is 9.86. The summed E-state index contributed by atoms with van der Waals surface area (Å²) >= 11 is 0. The van der Waals surface area contributed by atoms with Crippen LogP contribution in [0.1, 0.15) is 39.0 Å². The lowest BCUT2D eigenvalue weighted by Gasteiger charge is -2.28. The molecule has 16 heavy (non-hydrogen) atoms. The van der Waals surface area contributed by atoms with E-state index in [0.29, 0.717) is 32.4 Å². The molecule has 1 aliphatic carbocycles. The molecule has 86 valence electrons. The zero-order valence-electron chi connectivity index (χ0n) is 9.70. The van der Waals surface area contributed by atoms with Gasteiger partial charge < -0.3 is 4.90 Å². The predicted octanol–water partition coefficient (Wildman–Crippen LogP) is 1.83. The van der Waals surface area contributed by atoms with Crippen LogP contribution < -0.4 is 0 Å². The zero-order valence-corrected chi connectivity index (χ0v) is 9.70. The molecule has 0 aliphatic heterocycles. The molecule has 1 aliphatic rings. The van der Waals surface area contributed by atoms with Gasteiger partial charge in [-0.15, -0.1) is 0 Å². The van der Waals surface area contributed by atoms with Crippen LogP contribution in [0.5, 0.6) is 0 Å². The standard InChI is InChI=1S/C12H17N3O/c1-2-15(9-5-8-13)11(16)12(10-14)6-3-4-7-12/h2-7,9H2,1H3. The number of rotatable bonds is 4. The highest BCUT2D eigenvalue weighted by Gasteiger charge is 2.43. The second kappa shape index (κ2) is 5.51. The van der Waals surface area contributed by atoms with Gasteiger partial charge in [-0.1, -0.05) is 12.8 Å². The fraction of sp³-hybridized carbons (Fsp3) is 0.750. The normalized spacial score (nSPS) is 17.4. The summed E-state index contributed by atoms with van der Waals surface area (Å²) in [6.45, 7) is 2.90. The lowest BCUT2D eigenvalue weighted by Crippen LogP contribution is -2.42. The predicted molar refractivity (Wildman–Crippen MR) is 59.0 cm³/mol. The van der Waals surface area contributed by atoms with Crippen LogP contribution in [-0.4, -0.2) is 23.9 Å². The maximum absolute atomic E-state index is 12.2. The van der Waals surface area contributed by atoms with E-state index in [9.17, 15) is 10.1 Å². The Hall–Kier alpha value is -1.55. The van der Waals surface area contributed by atoms with E-state index in [2.05, 4.69) is 6.07 Å². The van der Waals surface area contributed by atoms with Crippen molar-refractivity contribution in [2.45, 2.75) is 39.0 Å². The monoisotopic (exact) mass is 219 g/mol. The maximum Gasteiger partial charge on any atom is 0.243 e. The van der Waals surface area contributed by atoms with Gasteiger partial charge in [-0.25, -0.2) is 0 Å². The van der Waals surface area contributed by atoms with Gasteiger partial charge in [0, 0.05) is 13.1 Å². The van der Waals surface area contributed by atoms with Crippen LogP contribution >= 0.6 is 0 Å². The van der Waals surface area contributed by atoms with E-state index in [-0.39, 0.29) is 5.91 Å². The van der Waals surface area contributed by atoms with Gasteiger partial charge in [0.05, 0.1) is 18.6 Å². The minimum absolute atomic E-state index is 0.0785. The molecule has 0 unspecified atom stereocenters. The topological polar surface area (TPSA) is 67.9 Å². The second-order valence-electron chi connectivity index (χ2n) is 4.19. The first kappa shape index (κ1) is 12.5. The van der Waals surface area contributed by atoms with Crippen LogP contribution in [-0.2, 0) is 4.79 Å². The average molecular weight is 219 g/mol. The van der Waals surface area contributed by atoms with Gasteiger partial charge >= 0.3 is 0 Å². The fourth-order valence-corrected chi connectivity index (χ4v) is 2.24. The minimum Gasteiger partial charge on any atom is -0.341 e. The summed E-state index contributed by atoms with van der Waals surface area (Å²) in [5, 5.41) is 17.7. The van der Waals surface area contributed by atoms with Crippen molar-refractivity contribution in [2.24, 2.45) is 5.41 Å². The van der Waals surface area contributed by atoms with Crippen molar-refractivity contribution in [3.05, 3.63) is 0 Å². The summed E-state index contributed by atoms with van der Waals surface area (Å²) in [4.78, 5) is 13.9. The highest BCUT2D eigenvalue weighted by molar-refractivity contribution is 5.85. The van der Waals surface area contributed by atoms with Crippen LogP contribution in [0.25, 0.3) is 0 Å². The van der Waals surface area contributed by atoms with Gasteiger partial charge in [-0.2, -0.15) is 10.5 Å². The van der Waals surface area contributed by atoms with Crippen LogP contribution in [0, 0.1) is 28.1 Å². The van der Waals surface area contributed by atoms with Gasteiger partial charge in [0.25, 0.3) is 0 Å². The molecule has 1 rings (SSSR count). The second-order valence-corrected chi connectivity index (χ2v) is 4.19. The van der Waals surface area contributed by atoms with Crippen LogP contribution in [0.15, 0.2) is 0 Å². The van der Waals surface area contributed by atoms with Crippen molar-refractivity contribution in [2.75, 3.05) is 13.1 Å². The number of carbonyl (C=O) groups excluding carboxylic acids is 1. The van der Waals surface area contributed by atoms with Crippen molar-refractivity contribution in [3.63, 3.8) is 0 Å². The molecule has 4 nitrogen and oxygen atoms in total. The number of hydrogen-bond acceptors (Lipinski definition) is 3. The van der Waals surface area contributed by atoms with Crippen molar-refractivity contribution in [3.8, 4) is 12.1 Å². The number of amides is 1. The van der Waals surface area contributed by atoms with E-state index >= 15 is 0 Å². The summed E-state index contributed by atoms with van der Waals surface area (Å²) in [5.41, 5.74) is -0.800. The van der Waals surface area contributed by atoms with Crippen molar-refractivity contribution >= 4 is 5.91 Å². The average Bonchev–Trinajstić information content (AvgIpc) is 2.79. The van der Waals surface area contributed by atoms with Gasteiger partial charge in [-0.3, -0.25) is 4.79 Å². The smallest absolute Gasteiger partial charge is 0.243 e. The van der Waals surface area contributed by atoms with Crippen LogP contribution in [0.2, 0.25) is 0 Å². The molecule has 0 radical (unpaired) electrons. The van der Waals surface area contributed by atoms with E-state index in [1.807, 2.05) is 13.0 Å². The Balaban J connectivity index is 2.74. The van der Waals surface area contributed by atoms with Gasteiger partial charge in [0.2, 0.25) is 5.91 Å². The van der Waals surface area contributed by atoms with E-state index in [1.54, 1.807) is 4.90 Å². The molecule has 1 fully saturated rings. The summed E-state index contributed by atoms with van der Waals surface area (Å²) in [6.07, 6.45) is 3.59. The molecule has 0 spiro atoms. The molecule has 4 heteroatoms. The Kier molecular flexibility index (Phi) is 4.31. The first-order valence-electron chi connectivity index (χ1n) is 5.78. The quantitative estimate of drug-likeness (QED) is 0.724. The largest absolute Gasteiger partial charge is 0.341 e. The molecule has 0 aromatic heterocycles. The molecule has 0 atom stereocenters. The molecule has 1 amide bonds. The molecule has 0 aromatic rings. The number of carbonyl (C=O) groups is 1.